The van der Waals surface area contributed by atoms with Crippen LogP contribution in [-0.2, 0) is 0 Å². The molecular formula is C16H17BrClN. The number of halogens is 2. The minimum Gasteiger partial charge on any atom is -0.309 e. The highest BCUT2D eigenvalue weighted by molar-refractivity contribution is 9.10. The highest BCUT2D eigenvalue weighted by atomic mass is 79.9. The second-order valence-corrected chi connectivity index (χ2v) is 5.96. The molecule has 0 radical (unpaired) electrons. The molecule has 2 aromatic carbocycles. The summed E-state index contributed by atoms with van der Waals surface area (Å²) in [5.74, 6) is 0. The molecule has 0 heterocycles. The molecule has 2 rings (SSSR count). The third-order valence-corrected chi connectivity index (χ3v) is 4.64. The first-order chi connectivity index (χ1) is 9.04. The monoisotopic (exact) mass is 337 g/mol. The van der Waals surface area contributed by atoms with Crippen molar-refractivity contribution in [3.05, 3.63) is 68.1 Å². The zero-order valence-corrected chi connectivity index (χ0v) is 13.6. The van der Waals surface area contributed by atoms with E-state index in [1.54, 1.807) is 0 Å². The SMILES string of the molecule is CNC(c1cc(C)ccc1C)c1cccc(Br)c1Cl. The van der Waals surface area contributed by atoms with Gasteiger partial charge in [-0.15, -0.1) is 0 Å². The van der Waals surface area contributed by atoms with Crippen LogP contribution in [0.2, 0.25) is 5.02 Å². The highest BCUT2D eigenvalue weighted by Gasteiger charge is 2.18. The summed E-state index contributed by atoms with van der Waals surface area (Å²) < 4.78 is 0.928. The van der Waals surface area contributed by atoms with Crippen molar-refractivity contribution in [1.82, 2.24) is 5.32 Å². The largest absolute Gasteiger partial charge is 0.309 e. The summed E-state index contributed by atoms with van der Waals surface area (Å²) in [4.78, 5) is 0. The standard InChI is InChI=1S/C16H17BrClN/c1-10-7-8-11(2)13(9-10)16(19-3)12-5-4-6-14(17)15(12)18/h4-9,16,19H,1-3H3. The summed E-state index contributed by atoms with van der Waals surface area (Å²) in [5.41, 5.74) is 4.88. The molecule has 0 aliphatic carbocycles. The van der Waals surface area contributed by atoms with E-state index in [9.17, 15) is 0 Å². The Bertz CT molecular complexity index is 593. The number of benzene rings is 2. The van der Waals surface area contributed by atoms with Gasteiger partial charge < -0.3 is 5.32 Å². The van der Waals surface area contributed by atoms with Gasteiger partial charge >= 0.3 is 0 Å². The summed E-state index contributed by atoms with van der Waals surface area (Å²) in [6.07, 6.45) is 0. The first kappa shape index (κ1) is 14.6. The molecule has 19 heavy (non-hydrogen) atoms. The maximum atomic E-state index is 6.42. The van der Waals surface area contributed by atoms with Crippen LogP contribution in [0.5, 0.6) is 0 Å². The normalized spacial score (nSPS) is 12.5. The van der Waals surface area contributed by atoms with Crippen LogP contribution in [0.1, 0.15) is 28.3 Å². The number of hydrogen-bond donors (Lipinski definition) is 1. The molecule has 0 bridgehead atoms. The van der Waals surface area contributed by atoms with Gasteiger partial charge in [0, 0.05) is 4.47 Å². The predicted octanol–water partition coefficient (Wildman–Crippen LogP) is 5.03. The summed E-state index contributed by atoms with van der Waals surface area (Å²) in [7, 11) is 1.96. The molecule has 1 N–H and O–H groups in total. The summed E-state index contributed by atoms with van der Waals surface area (Å²) in [5, 5.41) is 4.13. The molecule has 0 fully saturated rings. The Kier molecular flexibility index (Phi) is 4.67. The van der Waals surface area contributed by atoms with Gasteiger partial charge in [-0.2, -0.15) is 0 Å². The van der Waals surface area contributed by atoms with E-state index in [0.29, 0.717) is 0 Å². The minimum atomic E-state index is 0.102. The Morgan fingerprint density at radius 1 is 1.11 bits per heavy atom. The third-order valence-electron chi connectivity index (χ3n) is 3.33. The lowest BCUT2D eigenvalue weighted by molar-refractivity contribution is 0.687. The van der Waals surface area contributed by atoms with Crippen LogP contribution in [0, 0.1) is 13.8 Å². The topological polar surface area (TPSA) is 12.0 Å². The first-order valence-electron chi connectivity index (χ1n) is 6.23. The van der Waals surface area contributed by atoms with E-state index in [-0.39, 0.29) is 6.04 Å². The second kappa shape index (κ2) is 6.08. The number of hydrogen-bond acceptors (Lipinski definition) is 1. The third kappa shape index (κ3) is 3.02. The van der Waals surface area contributed by atoms with Gasteiger partial charge in [0.2, 0.25) is 0 Å². The van der Waals surface area contributed by atoms with Crippen molar-refractivity contribution >= 4 is 27.5 Å². The number of nitrogens with one attached hydrogen (secondary N) is 1. The molecule has 0 saturated carbocycles. The van der Waals surface area contributed by atoms with Gasteiger partial charge in [0.05, 0.1) is 11.1 Å². The molecule has 0 aliphatic rings. The van der Waals surface area contributed by atoms with Gasteiger partial charge in [-0.25, -0.2) is 0 Å². The first-order valence-corrected chi connectivity index (χ1v) is 7.40. The maximum Gasteiger partial charge on any atom is 0.0599 e. The summed E-state index contributed by atoms with van der Waals surface area (Å²) in [6, 6.07) is 12.6. The number of rotatable bonds is 3. The van der Waals surface area contributed by atoms with Crippen molar-refractivity contribution in [2.45, 2.75) is 19.9 Å². The summed E-state index contributed by atoms with van der Waals surface area (Å²) in [6.45, 7) is 4.24. The van der Waals surface area contributed by atoms with E-state index in [4.69, 9.17) is 11.6 Å². The van der Waals surface area contributed by atoms with Gasteiger partial charge in [0.15, 0.2) is 0 Å². The van der Waals surface area contributed by atoms with Gasteiger partial charge in [0.1, 0.15) is 0 Å². The van der Waals surface area contributed by atoms with E-state index < -0.39 is 0 Å². The lowest BCUT2D eigenvalue weighted by Crippen LogP contribution is -2.19. The smallest absolute Gasteiger partial charge is 0.0599 e. The molecule has 0 spiro atoms. The molecule has 3 heteroatoms. The molecule has 0 aromatic heterocycles. The molecule has 1 atom stereocenters. The Balaban J connectivity index is 2.56. The van der Waals surface area contributed by atoms with Crippen molar-refractivity contribution in [2.24, 2.45) is 0 Å². The molecule has 0 amide bonds. The van der Waals surface area contributed by atoms with E-state index in [0.717, 1.165) is 15.1 Å². The minimum absolute atomic E-state index is 0.102. The van der Waals surface area contributed by atoms with Crippen LogP contribution in [0.15, 0.2) is 40.9 Å². The van der Waals surface area contributed by atoms with Crippen molar-refractivity contribution in [1.29, 1.82) is 0 Å². The molecule has 0 saturated heterocycles. The van der Waals surface area contributed by atoms with Gasteiger partial charge in [-0.05, 0) is 59.6 Å². The van der Waals surface area contributed by atoms with E-state index in [1.807, 2.05) is 19.2 Å². The fourth-order valence-corrected chi connectivity index (χ4v) is 2.91. The lowest BCUT2D eigenvalue weighted by Gasteiger charge is -2.21. The average molecular weight is 339 g/mol. The van der Waals surface area contributed by atoms with E-state index >= 15 is 0 Å². The fourth-order valence-electron chi connectivity index (χ4n) is 2.29. The maximum absolute atomic E-state index is 6.42. The zero-order valence-electron chi connectivity index (χ0n) is 11.3. The lowest BCUT2D eigenvalue weighted by atomic mass is 9.93. The Hall–Kier alpha value is -0.830. The van der Waals surface area contributed by atoms with E-state index in [1.165, 1.54) is 16.7 Å². The second-order valence-electron chi connectivity index (χ2n) is 4.72. The van der Waals surface area contributed by atoms with Gasteiger partial charge in [-0.3, -0.25) is 0 Å². The van der Waals surface area contributed by atoms with Crippen molar-refractivity contribution in [3.63, 3.8) is 0 Å². The van der Waals surface area contributed by atoms with Gasteiger partial charge in [0.25, 0.3) is 0 Å². The van der Waals surface area contributed by atoms with Crippen molar-refractivity contribution in [3.8, 4) is 0 Å². The quantitative estimate of drug-likeness (QED) is 0.828. The van der Waals surface area contributed by atoms with Crippen LogP contribution in [-0.4, -0.2) is 7.05 Å². The van der Waals surface area contributed by atoms with Crippen LogP contribution in [0.25, 0.3) is 0 Å². The summed E-state index contributed by atoms with van der Waals surface area (Å²) >= 11 is 9.91. The van der Waals surface area contributed by atoms with Crippen molar-refractivity contribution < 1.29 is 0 Å². The van der Waals surface area contributed by atoms with E-state index in [2.05, 4.69) is 59.4 Å². The molecule has 2 aromatic rings. The van der Waals surface area contributed by atoms with Crippen LogP contribution >= 0.6 is 27.5 Å². The predicted molar refractivity (Wildman–Crippen MR) is 86.0 cm³/mol. The average Bonchev–Trinajstić information content (AvgIpc) is 2.39. The van der Waals surface area contributed by atoms with Crippen LogP contribution in [0.4, 0.5) is 0 Å². The van der Waals surface area contributed by atoms with Crippen molar-refractivity contribution in [2.75, 3.05) is 7.05 Å². The molecular weight excluding hydrogens is 322 g/mol. The molecule has 1 nitrogen and oxygen atoms in total. The number of aryl methyl sites for hydroxylation is 2. The molecule has 1 unspecified atom stereocenters. The fraction of sp³-hybridized carbons (Fsp3) is 0.250. The zero-order chi connectivity index (χ0) is 14.0. The molecule has 0 aliphatic heterocycles. The Morgan fingerprint density at radius 3 is 2.53 bits per heavy atom. The van der Waals surface area contributed by atoms with Crippen LogP contribution in [0.3, 0.4) is 0 Å². The Labute approximate surface area is 128 Å². The Morgan fingerprint density at radius 2 is 1.84 bits per heavy atom. The van der Waals surface area contributed by atoms with Gasteiger partial charge in [-0.1, -0.05) is 47.5 Å². The highest BCUT2D eigenvalue weighted by Crippen LogP contribution is 2.34. The molecule has 100 valence electrons. The van der Waals surface area contributed by atoms with Crippen LogP contribution < -0.4 is 5.32 Å².